The lowest BCUT2D eigenvalue weighted by molar-refractivity contribution is -0.170. The number of ether oxygens (including phenoxy) is 3. The first-order valence-electron chi connectivity index (χ1n) is 12.5. The Bertz CT molecular complexity index is 976. The predicted octanol–water partition coefficient (Wildman–Crippen LogP) is 4.16. The molecule has 0 fully saturated rings. The van der Waals surface area contributed by atoms with Gasteiger partial charge in [0.1, 0.15) is 18.8 Å². The lowest BCUT2D eigenvalue weighted by Gasteiger charge is -2.44. The highest BCUT2D eigenvalue weighted by molar-refractivity contribution is 6.99. The number of carbonyl (C=O) groups excluding carboxylic acids is 2. The molecular weight excluding hydrogens is 472 g/mol. The molecule has 6 nitrogen and oxygen atoms in total. The van der Waals surface area contributed by atoms with Gasteiger partial charge >= 0.3 is 11.9 Å². The maximum atomic E-state index is 11.7. The van der Waals surface area contributed by atoms with Crippen LogP contribution in [-0.4, -0.2) is 51.8 Å². The van der Waals surface area contributed by atoms with Crippen molar-refractivity contribution in [2.75, 3.05) is 13.2 Å². The molecule has 2 aromatic rings. The standard InChI is InChI=1S/C29H38O6Si/c1-22(30)32-21-28-27(34-23(2)31)19-13-12-14-24(35-28)20-33-36(29(3,4)5,25-15-8-6-9-16-25)26-17-10-7-11-18-26/h6-13,15-18,24,27-28H,14,19-21H2,1-5H3/b13-12-/t24-,27-,28-/m1/s1. The average molecular weight is 511 g/mol. The number of rotatable bonds is 8. The van der Waals surface area contributed by atoms with Crippen LogP contribution in [0.4, 0.5) is 0 Å². The maximum absolute atomic E-state index is 11.7. The number of hydrogen-bond acceptors (Lipinski definition) is 6. The maximum Gasteiger partial charge on any atom is 0.303 e. The van der Waals surface area contributed by atoms with Crippen molar-refractivity contribution in [3.05, 3.63) is 72.8 Å². The molecule has 0 saturated heterocycles. The van der Waals surface area contributed by atoms with Gasteiger partial charge in [-0.2, -0.15) is 0 Å². The molecule has 0 saturated carbocycles. The minimum Gasteiger partial charge on any atom is -0.463 e. The van der Waals surface area contributed by atoms with E-state index in [-0.39, 0.29) is 17.7 Å². The summed E-state index contributed by atoms with van der Waals surface area (Å²) in [6, 6.07) is 20.9. The second kappa shape index (κ2) is 12.5. The Morgan fingerprint density at radius 1 is 0.861 bits per heavy atom. The van der Waals surface area contributed by atoms with Crippen LogP contribution in [0.1, 0.15) is 47.5 Å². The number of hydrogen-bond donors (Lipinski definition) is 0. The van der Waals surface area contributed by atoms with Crippen LogP contribution in [0.25, 0.3) is 0 Å². The summed E-state index contributed by atoms with van der Waals surface area (Å²) in [7, 11) is -2.74. The third kappa shape index (κ3) is 6.93. The van der Waals surface area contributed by atoms with E-state index in [2.05, 4.69) is 69.3 Å². The quantitative estimate of drug-likeness (QED) is 0.302. The Balaban J connectivity index is 1.93. The van der Waals surface area contributed by atoms with Crippen molar-refractivity contribution in [1.29, 1.82) is 0 Å². The molecule has 0 aliphatic carbocycles. The van der Waals surface area contributed by atoms with Gasteiger partial charge in [0.05, 0.1) is 12.7 Å². The molecule has 0 aromatic heterocycles. The third-order valence-corrected chi connectivity index (χ3v) is 11.4. The van der Waals surface area contributed by atoms with Crippen LogP contribution in [0.2, 0.25) is 5.04 Å². The molecule has 1 aliphatic heterocycles. The molecule has 36 heavy (non-hydrogen) atoms. The third-order valence-electron chi connectivity index (χ3n) is 6.39. The lowest BCUT2D eigenvalue weighted by atomic mass is 10.1. The van der Waals surface area contributed by atoms with E-state index >= 15 is 0 Å². The van der Waals surface area contributed by atoms with Gasteiger partial charge in [-0.3, -0.25) is 9.59 Å². The topological polar surface area (TPSA) is 71.1 Å². The molecule has 194 valence electrons. The van der Waals surface area contributed by atoms with E-state index in [4.69, 9.17) is 18.6 Å². The molecule has 0 unspecified atom stereocenters. The molecule has 3 rings (SSSR count). The number of esters is 2. The Morgan fingerprint density at radius 3 is 1.92 bits per heavy atom. The Hall–Kier alpha value is -2.74. The first-order valence-corrected chi connectivity index (χ1v) is 14.4. The van der Waals surface area contributed by atoms with Gasteiger partial charge in [0.15, 0.2) is 0 Å². The Morgan fingerprint density at radius 2 is 1.42 bits per heavy atom. The van der Waals surface area contributed by atoms with Crippen LogP contribution < -0.4 is 10.4 Å². The second-order valence-electron chi connectivity index (χ2n) is 10.2. The molecule has 1 heterocycles. The summed E-state index contributed by atoms with van der Waals surface area (Å²) < 4.78 is 24.3. The largest absolute Gasteiger partial charge is 0.463 e. The summed E-state index contributed by atoms with van der Waals surface area (Å²) in [4.78, 5) is 23.2. The van der Waals surface area contributed by atoms with Gasteiger partial charge in [-0.25, -0.2) is 0 Å². The van der Waals surface area contributed by atoms with Crippen molar-refractivity contribution >= 4 is 30.6 Å². The molecule has 0 radical (unpaired) electrons. The first-order chi connectivity index (χ1) is 17.1. The SMILES string of the molecule is CC(=O)OC[C@H]1O[C@@H](CO[Si](c2ccccc2)(c2ccccc2)C(C)(C)C)C/C=C\C[C@H]1OC(C)=O. The minimum absolute atomic E-state index is 0.0107. The smallest absolute Gasteiger partial charge is 0.303 e. The average Bonchev–Trinajstić information content (AvgIpc) is 2.82. The highest BCUT2D eigenvalue weighted by Crippen LogP contribution is 2.37. The second-order valence-corrected chi connectivity index (χ2v) is 14.5. The van der Waals surface area contributed by atoms with E-state index < -0.39 is 32.5 Å². The zero-order valence-electron chi connectivity index (χ0n) is 21.9. The van der Waals surface area contributed by atoms with Gasteiger partial charge in [-0.15, -0.1) is 0 Å². The fourth-order valence-electron chi connectivity index (χ4n) is 4.79. The predicted molar refractivity (Wildman–Crippen MR) is 143 cm³/mol. The van der Waals surface area contributed by atoms with Crippen molar-refractivity contribution in [3.8, 4) is 0 Å². The fourth-order valence-corrected chi connectivity index (χ4v) is 9.38. The first kappa shape index (κ1) is 27.8. The summed E-state index contributed by atoms with van der Waals surface area (Å²) in [6.45, 7) is 9.79. The molecule has 7 heteroatoms. The molecule has 0 amide bonds. The zero-order valence-corrected chi connectivity index (χ0v) is 22.9. The van der Waals surface area contributed by atoms with Crippen molar-refractivity contribution in [3.63, 3.8) is 0 Å². The van der Waals surface area contributed by atoms with Crippen LogP contribution in [-0.2, 0) is 28.2 Å². The van der Waals surface area contributed by atoms with Crippen LogP contribution in [0.15, 0.2) is 72.8 Å². The molecule has 3 atom stereocenters. The summed E-state index contributed by atoms with van der Waals surface area (Å²) in [5.74, 6) is -0.802. The van der Waals surface area contributed by atoms with E-state index in [0.29, 0.717) is 19.4 Å². The van der Waals surface area contributed by atoms with Crippen molar-refractivity contribution in [1.82, 2.24) is 0 Å². The Kier molecular flexibility index (Phi) is 9.65. The van der Waals surface area contributed by atoms with Crippen molar-refractivity contribution < 1.29 is 28.2 Å². The van der Waals surface area contributed by atoms with Gasteiger partial charge in [0, 0.05) is 20.3 Å². The molecular formula is C29H38O6Si. The summed E-state index contributed by atoms with van der Waals surface area (Å²) in [6.07, 6.45) is 3.73. The van der Waals surface area contributed by atoms with Crippen LogP contribution in [0.5, 0.6) is 0 Å². The summed E-state index contributed by atoms with van der Waals surface area (Å²) >= 11 is 0. The van der Waals surface area contributed by atoms with Gasteiger partial charge < -0.3 is 18.6 Å². The van der Waals surface area contributed by atoms with E-state index in [0.717, 1.165) is 0 Å². The number of carbonyl (C=O) groups is 2. The van der Waals surface area contributed by atoms with Crippen molar-refractivity contribution in [2.24, 2.45) is 0 Å². The number of benzene rings is 2. The normalized spacial score (nSPS) is 21.6. The Labute approximate surface area is 215 Å². The highest BCUT2D eigenvalue weighted by Gasteiger charge is 2.50. The summed E-state index contributed by atoms with van der Waals surface area (Å²) in [5, 5.41) is 2.23. The zero-order chi connectivity index (χ0) is 26.2. The molecule has 0 bridgehead atoms. The van der Waals surface area contributed by atoms with Crippen molar-refractivity contribution in [2.45, 2.75) is 70.8 Å². The summed E-state index contributed by atoms with van der Waals surface area (Å²) in [5.41, 5.74) is 0. The molecule has 2 aromatic carbocycles. The van der Waals surface area contributed by atoms with E-state index in [1.165, 1.54) is 24.2 Å². The molecule has 1 aliphatic rings. The van der Waals surface area contributed by atoms with Crippen LogP contribution >= 0.6 is 0 Å². The van der Waals surface area contributed by atoms with E-state index in [1.54, 1.807) is 0 Å². The minimum atomic E-state index is -2.74. The monoisotopic (exact) mass is 510 g/mol. The van der Waals surface area contributed by atoms with Gasteiger partial charge in [-0.1, -0.05) is 93.6 Å². The fraction of sp³-hybridized carbons (Fsp3) is 0.448. The van der Waals surface area contributed by atoms with Gasteiger partial charge in [0.2, 0.25) is 0 Å². The molecule has 0 N–H and O–H groups in total. The van der Waals surface area contributed by atoms with E-state index in [9.17, 15) is 9.59 Å². The highest BCUT2D eigenvalue weighted by atomic mass is 28.4. The van der Waals surface area contributed by atoms with Gasteiger partial charge in [-0.05, 0) is 21.8 Å². The molecule has 0 spiro atoms. The lowest BCUT2D eigenvalue weighted by Crippen LogP contribution is -2.67. The van der Waals surface area contributed by atoms with Crippen LogP contribution in [0.3, 0.4) is 0 Å². The van der Waals surface area contributed by atoms with E-state index in [1.807, 2.05) is 24.3 Å². The van der Waals surface area contributed by atoms with Gasteiger partial charge in [0.25, 0.3) is 8.32 Å². The van der Waals surface area contributed by atoms with Crippen LogP contribution in [0, 0.1) is 0 Å².